The molecule has 0 spiro atoms. The van der Waals surface area contributed by atoms with Gasteiger partial charge in [0.15, 0.2) is 0 Å². The number of nitrogens with zero attached hydrogens (tertiary/aromatic N) is 1. The highest BCUT2D eigenvalue weighted by molar-refractivity contribution is 6.31. The fourth-order valence-electron chi connectivity index (χ4n) is 2.03. The zero-order valence-corrected chi connectivity index (χ0v) is 14.3. The Balaban J connectivity index is 2.05. The van der Waals surface area contributed by atoms with Crippen LogP contribution in [-0.2, 0) is 4.79 Å². The van der Waals surface area contributed by atoms with Crippen molar-refractivity contribution in [1.82, 2.24) is 0 Å². The standard InChI is InChI=1S/C19H18ClN3O/c1-13(2)14-6-8-17(9-7-14)22-12-15(11-21)19(24)23-18-5-3-4-16(20)10-18/h3-10,12-13,22H,1-2H3,(H,23,24). The number of halogens is 1. The van der Waals surface area contributed by atoms with E-state index in [0.29, 0.717) is 16.6 Å². The number of hydrogen-bond acceptors (Lipinski definition) is 3. The van der Waals surface area contributed by atoms with Crippen LogP contribution in [0.5, 0.6) is 0 Å². The zero-order valence-electron chi connectivity index (χ0n) is 13.5. The van der Waals surface area contributed by atoms with Crippen molar-refractivity contribution in [2.45, 2.75) is 19.8 Å². The molecule has 0 aliphatic heterocycles. The second-order valence-corrected chi connectivity index (χ2v) is 5.99. The van der Waals surface area contributed by atoms with E-state index in [-0.39, 0.29) is 5.57 Å². The number of hydrogen-bond donors (Lipinski definition) is 2. The predicted octanol–water partition coefficient (Wildman–Crippen LogP) is 4.92. The second-order valence-electron chi connectivity index (χ2n) is 5.56. The van der Waals surface area contributed by atoms with Crippen molar-refractivity contribution in [1.29, 1.82) is 5.26 Å². The summed E-state index contributed by atoms with van der Waals surface area (Å²) >= 11 is 5.87. The molecule has 122 valence electrons. The Morgan fingerprint density at radius 3 is 2.46 bits per heavy atom. The van der Waals surface area contributed by atoms with Gasteiger partial charge in [0.2, 0.25) is 0 Å². The van der Waals surface area contributed by atoms with Crippen LogP contribution in [0, 0.1) is 11.3 Å². The van der Waals surface area contributed by atoms with Crippen LogP contribution in [0.15, 0.2) is 60.3 Å². The lowest BCUT2D eigenvalue weighted by molar-refractivity contribution is -0.112. The Morgan fingerprint density at radius 2 is 1.88 bits per heavy atom. The van der Waals surface area contributed by atoms with Gasteiger partial charge in [-0.05, 0) is 41.8 Å². The molecule has 4 nitrogen and oxygen atoms in total. The first-order valence-electron chi connectivity index (χ1n) is 7.53. The van der Waals surface area contributed by atoms with E-state index in [1.54, 1.807) is 24.3 Å². The van der Waals surface area contributed by atoms with Crippen molar-refractivity contribution in [2.75, 3.05) is 10.6 Å². The highest BCUT2D eigenvalue weighted by Gasteiger charge is 2.09. The summed E-state index contributed by atoms with van der Waals surface area (Å²) in [7, 11) is 0. The number of anilines is 2. The van der Waals surface area contributed by atoms with Crippen molar-refractivity contribution in [3.05, 3.63) is 70.9 Å². The number of nitriles is 1. The van der Waals surface area contributed by atoms with Crippen LogP contribution in [0.1, 0.15) is 25.3 Å². The number of rotatable bonds is 5. The van der Waals surface area contributed by atoms with Crippen molar-refractivity contribution < 1.29 is 4.79 Å². The minimum absolute atomic E-state index is 0.0251. The van der Waals surface area contributed by atoms with Crippen LogP contribution in [0.3, 0.4) is 0 Å². The summed E-state index contributed by atoms with van der Waals surface area (Å²) in [6.45, 7) is 4.24. The van der Waals surface area contributed by atoms with Gasteiger partial charge in [-0.25, -0.2) is 0 Å². The molecule has 0 heterocycles. The molecule has 0 radical (unpaired) electrons. The molecule has 0 atom stereocenters. The van der Waals surface area contributed by atoms with E-state index < -0.39 is 5.91 Å². The average molecular weight is 340 g/mol. The fourth-order valence-corrected chi connectivity index (χ4v) is 2.22. The zero-order chi connectivity index (χ0) is 17.5. The summed E-state index contributed by atoms with van der Waals surface area (Å²) in [4.78, 5) is 12.1. The molecule has 2 rings (SSSR count). The Bertz CT molecular complexity index is 789. The summed E-state index contributed by atoms with van der Waals surface area (Å²) < 4.78 is 0. The minimum Gasteiger partial charge on any atom is -0.360 e. The Morgan fingerprint density at radius 1 is 1.17 bits per heavy atom. The summed E-state index contributed by atoms with van der Waals surface area (Å²) in [5.74, 6) is -0.0428. The largest absolute Gasteiger partial charge is 0.360 e. The molecular formula is C19H18ClN3O. The quantitative estimate of drug-likeness (QED) is 0.600. The number of benzene rings is 2. The molecule has 0 aromatic heterocycles. The van der Waals surface area contributed by atoms with E-state index in [0.717, 1.165) is 5.69 Å². The number of carbonyl (C=O) groups excluding carboxylic acids is 1. The third-order valence-electron chi connectivity index (χ3n) is 3.41. The lowest BCUT2D eigenvalue weighted by Crippen LogP contribution is -2.14. The van der Waals surface area contributed by atoms with Gasteiger partial charge in [-0.3, -0.25) is 4.79 Å². The number of carbonyl (C=O) groups is 1. The predicted molar refractivity (Wildman–Crippen MR) is 97.9 cm³/mol. The van der Waals surface area contributed by atoms with Gasteiger partial charge >= 0.3 is 0 Å². The molecule has 0 unspecified atom stereocenters. The average Bonchev–Trinajstić information content (AvgIpc) is 2.56. The van der Waals surface area contributed by atoms with Gasteiger partial charge < -0.3 is 10.6 Å². The van der Waals surface area contributed by atoms with E-state index >= 15 is 0 Å². The van der Waals surface area contributed by atoms with Gasteiger partial charge in [0.05, 0.1) is 0 Å². The van der Waals surface area contributed by atoms with Crippen LogP contribution in [0.4, 0.5) is 11.4 Å². The van der Waals surface area contributed by atoms with Crippen molar-refractivity contribution in [3.63, 3.8) is 0 Å². The first-order valence-corrected chi connectivity index (χ1v) is 7.91. The van der Waals surface area contributed by atoms with Crippen LogP contribution in [-0.4, -0.2) is 5.91 Å². The van der Waals surface area contributed by atoms with Crippen molar-refractivity contribution in [2.24, 2.45) is 0 Å². The van der Waals surface area contributed by atoms with E-state index in [9.17, 15) is 10.1 Å². The fraction of sp³-hybridized carbons (Fsp3) is 0.158. The maximum Gasteiger partial charge on any atom is 0.267 e. The molecule has 0 fully saturated rings. The third kappa shape index (κ3) is 4.87. The van der Waals surface area contributed by atoms with E-state index in [4.69, 9.17) is 11.6 Å². The van der Waals surface area contributed by atoms with Gasteiger partial charge in [-0.15, -0.1) is 0 Å². The maximum atomic E-state index is 12.1. The molecule has 0 bridgehead atoms. The molecule has 5 heteroatoms. The molecule has 2 aromatic carbocycles. The summed E-state index contributed by atoms with van der Waals surface area (Å²) in [6.07, 6.45) is 1.39. The van der Waals surface area contributed by atoms with Gasteiger partial charge in [0.25, 0.3) is 5.91 Å². The van der Waals surface area contributed by atoms with E-state index in [2.05, 4.69) is 24.5 Å². The van der Waals surface area contributed by atoms with E-state index in [1.165, 1.54) is 11.8 Å². The first-order chi connectivity index (χ1) is 11.5. The molecular weight excluding hydrogens is 322 g/mol. The van der Waals surface area contributed by atoms with Gasteiger partial charge in [-0.2, -0.15) is 5.26 Å². The SMILES string of the molecule is CC(C)c1ccc(NC=C(C#N)C(=O)Nc2cccc(Cl)c2)cc1. The molecule has 1 amide bonds. The molecule has 2 aromatic rings. The number of nitrogens with one attached hydrogen (secondary N) is 2. The van der Waals surface area contributed by atoms with Gasteiger partial charge in [0.1, 0.15) is 11.6 Å². The molecule has 0 aliphatic rings. The van der Waals surface area contributed by atoms with Crippen molar-refractivity contribution >= 4 is 28.9 Å². The molecule has 0 saturated heterocycles. The monoisotopic (exact) mass is 339 g/mol. The third-order valence-corrected chi connectivity index (χ3v) is 3.64. The topological polar surface area (TPSA) is 64.9 Å². The highest BCUT2D eigenvalue weighted by Crippen LogP contribution is 2.18. The Kier molecular flexibility index (Phi) is 6.00. The van der Waals surface area contributed by atoms with Crippen LogP contribution in [0.25, 0.3) is 0 Å². The molecule has 2 N–H and O–H groups in total. The van der Waals surface area contributed by atoms with Crippen molar-refractivity contribution in [3.8, 4) is 6.07 Å². The lowest BCUT2D eigenvalue weighted by atomic mass is 10.0. The Hall–Kier alpha value is -2.77. The highest BCUT2D eigenvalue weighted by atomic mass is 35.5. The van der Waals surface area contributed by atoms with Crippen LogP contribution in [0.2, 0.25) is 5.02 Å². The molecule has 0 saturated carbocycles. The van der Waals surface area contributed by atoms with Gasteiger partial charge in [-0.1, -0.05) is 43.6 Å². The first kappa shape index (κ1) is 17.6. The number of amides is 1. The summed E-state index contributed by atoms with van der Waals surface area (Å²) in [5.41, 5.74) is 2.55. The Labute approximate surface area is 146 Å². The second kappa shape index (κ2) is 8.19. The molecule has 0 aliphatic carbocycles. The maximum absolute atomic E-state index is 12.1. The van der Waals surface area contributed by atoms with Crippen LogP contribution < -0.4 is 10.6 Å². The lowest BCUT2D eigenvalue weighted by Gasteiger charge is -2.08. The van der Waals surface area contributed by atoms with E-state index in [1.807, 2.05) is 30.3 Å². The van der Waals surface area contributed by atoms with Gasteiger partial charge in [0, 0.05) is 22.6 Å². The smallest absolute Gasteiger partial charge is 0.267 e. The summed E-state index contributed by atoms with van der Waals surface area (Å²) in [5, 5.41) is 15.3. The normalized spacial score (nSPS) is 11.0. The minimum atomic E-state index is -0.494. The molecule has 24 heavy (non-hydrogen) atoms. The summed E-state index contributed by atoms with van der Waals surface area (Å²) in [6, 6.07) is 16.5. The van der Waals surface area contributed by atoms with Crippen LogP contribution >= 0.6 is 11.6 Å².